The summed E-state index contributed by atoms with van der Waals surface area (Å²) >= 11 is 0. The lowest BCUT2D eigenvalue weighted by Crippen LogP contribution is -2.14. The highest BCUT2D eigenvalue weighted by Crippen LogP contribution is 2.40. The summed E-state index contributed by atoms with van der Waals surface area (Å²) in [5.74, 6) is -0.931. The third-order valence-electron chi connectivity index (χ3n) is 3.60. The first-order valence-corrected chi connectivity index (χ1v) is 7.33. The van der Waals surface area contributed by atoms with Crippen LogP contribution >= 0.6 is 0 Å². The van der Waals surface area contributed by atoms with Crippen LogP contribution in [0.4, 0.5) is 13.2 Å². The Bertz CT molecular complexity index is 888. The number of carbonyl (C=O) groups excluding carboxylic acids is 1. The lowest BCUT2D eigenvalue weighted by molar-refractivity contribution is -0.142. The van der Waals surface area contributed by atoms with Crippen LogP contribution in [0.25, 0.3) is 16.8 Å². The van der Waals surface area contributed by atoms with Crippen molar-refractivity contribution in [2.45, 2.75) is 6.18 Å². The van der Waals surface area contributed by atoms with E-state index in [0.717, 1.165) is 11.8 Å². The first-order chi connectivity index (χ1) is 11.9. The van der Waals surface area contributed by atoms with Crippen molar-refractivity contribution in [3.63, 3.8) is 0 Å². The van der Waals surface area contributed by atoms with Crippen LogP contribution < -0.4 is 0 Å². The molecule has 128 valence electrons. The molecule has 0 aliphatic carbocycles. The third kappa shape index (κ3) is 3.13. The summed E-state index contributed by atoms with van der Waals surface area (Å²) in [5.41, 5.74) is -1.28. The maximum atomic E-state index is 13.8. The SMILES string of the molecule is COC(=O)c1nn(-c2ccccc2)c(C(F)(F)F)c1-c1ccccc1. The maximum absolute atomic E-state index is 13.8. The Morgan fingerprint density at radius 2 is 1.56 bits per heavy atom. The molecule has 0 spiro atoms. The van der Waals surface area contributed by atoms with E-state index in [2.05, 4.69) is 9.84 Å². The van der Waals surface area contributed by atoms with Gasteiger partial charge in [-0.2, -0.15) is 18.3 Å². The average Bonchev–Trinajstić information content (AvgIpc) is 3.03. The normalized spacial score (nSPS) is 11.4. The zero-order valence-corrected chi connectivity index (χ0v) is 13.1. The number of para-hydroxylation sites is 1. The highest BCUT2D eigenvalue weighted by Gasteiger charge is 2.42. The number of alkyl halides is 3. The van der Waals surface area contributed by atoms with Gasteiger partial charge in [0, 0.05) is 5.56 Å². The van der Waals surface area contributed by atoms with Crippen molar-refractivity contribution < 1.29 is 22.7 Å². The summed E-state index contributed by atoms with van der Waals surface area (Å²) in [7, 11) is 1.10. The van der Waals surface area contributed by atoms with Gasteiger partial charge in [0.2, 0.25) is 0 Å². The van der Waals surface area contributed by atoms with Gasteiger partial charge in [-0.05, 0) is 17.7 Å². The Labute approximate surface area is 141 Å². The number of hydrogen-bond donors (Lipinski definition) is 0. The van der Waals surface area contributed by atoms with Crippen molar-refractivity contribution in [2.24, 2.45) is 0 Å². The largest absolute Gasteiger partial charge is 0.464 e. The molecular formula is C18H13F3N2O2. The van der Waals surface area contributed by atoms with E-state index in [4.69, 9.17) is 0 Å². The van der Waals surface area contributed by atoms with Crippen LogP contribution in [0.1, 0.15) is 16.2 Å². The van der Waals surface area contributed by atoms with Crippen LogP contribution in [-0.4, -0.2) is 22.9 Å². The molecule has 0 saturated heterocycles. The van der Waals surface area contributed by atoms with Crippen molar-refractivity contribution in [3.05, 3.63) is 72.1 Å². The molecule has 0 aliphatic rings. The molecule has 25 heavy (non-hydrogen) atoms. The first kappa shape index (κ1) is 16.8. The molecule has 4 nitrogen and oxygen atoms in total. The molecule has 0 amide bonds. The van der Waals surface area contributed by atoms with E-state index in [-0.39, 0.29) is 22.5 Å². The van der Waals surface area contributed by atoms with Gasteiger partial charge in [-0.1, -0.05) is 48.5 Å². The van der Waals surface area contributed by atoms with Crippen LogP contribution in [0, 0.1) is 0 Å². The van der Waals surface area contributed by atoms with Gasteiger partial charge in [0.1, 0.15) is 0 Å². The highest BCUT2D eigenvalue weighted by atomic mass is 19.4. The fourth-order valence-corrected chi connectivity index (χ4v) is 2.55. The number of nitrogens with zero attached hydrogens (tertiary/aromatic N) is 2. The van der Waals surface area contributed by atoms with Gasteiger partial charge in [-0.25, -0.2) is 9.48 Å². The van der Waals surface area contributed by atoms with E-state index in [1.165, 1.54) is 24.3 Å². The van der Waals surface area contributed by atoms with E-state index in [1.54, 1.807) is 36.4 Å². The average molecular weight is 346 g/mol. The number of benzene rings is 2. The van der Waals surface area contributed by atoms with E-state index < -0.39 is 17.8 Å². The minimum absolute atomic E-state index is 0.196. The molecule has 3 rings (SSSR count). The molecular weight excluding hydrogens is 333 g/mol. The van der Waals surface area contributed by atoms with E-state index in [9.17, 15) is 18.0 Å². The number of ether oxygens (including phenoxy) is 1. The van der Waals surface area contributed by atoms with Crippen molar-refractivity contribution in [2.75, 3.05) is 7.11 Å². The molecule has 0 unspecified atom stereocenters. The van der Waals surface area contributed by atoms with Gasteiger partial charge in [-0.3, -0.25) is 0 Å². The van der Waals surface area contributed by atoms with E-state index >= 15 is 0 Å². The molecule has 0 radical (unpaired) electrons. The van der Waals surface area contributed by atoms with Gasteiger partial charge in [0.05, 0.1) is 12.8 Å². The number of rotatable bonds is 3. The van der Waals surface area contributed by atoms with Crippen LogP contribution in [0.5, 0.6) is 0 Å². The summed E-state index contributed by atoms with van der Waals surface area (Å²) in [4.78, 5) is 12.1. The zero-order valence-electron chi connectivity index (χ0n) is 13.1. The quantitative estimate of drug-likeness (QED) is 0.663. The van der Waals surface area contributed by atoms with Crippen molar-refractivity contribution in [1.82, 2.24) is 9.78 Å². The molecule has 1 heterocycles. The molecule has 0 bridgehead atoms. The zero-order chi connectivity index (χ0) is 18.0. The molecule has 3 aromatic rings. The number of halogens is 3. The third-order valence-corrected chi connectivity index (χ3v) is 3.60. The number of aromatic nitrogens is 2. The summed E-state index contributed by atoms with van der Waals surface area (Å²) in [5, 5.41) is 3.92. The fraction of sp³-hybridized carbons (Fsp3) is 0.111. The van der Waals surface area contributed by atoms with Crippen molar-refractivity contribution >= 4 is 5.97 Å². The van der Waals surface area contributed by atoms with Gasteiger partial charge in [-0.15, -0.1) is 0 Å². The predicted molar refractivity (Wildman–Crippen MR) is 85.3 cm³/mol. The minimum Gasteiger partial charge on any atom is -0.464 e. The predicted octanol–water partition coefficient (Wildman–Crippen LogP) is 4.34. The lowest BCUT2D eigenvalue weighted by Gasteiger charge is -2.13. The second kappa shape index (κ2) is 6.43. The van der Waals surface area contributed by atoms with Gasteiger partial charge in [0.15, 0.2) is 11.4 Å². The molecule has 0 fully saturated rings. The topological polar surface area (TPSA) is 44.1 Å². The number of hydrogen-bond acceptors (Lipinski definition) is 3. The summed E-state index contributed by atoms with van der Waals surface area (Å²) in [6.07, 6.45) is -4.72. The summed E-state index contributed by atoms with van der Waals surface area (Å²) in [6.45, 7) is 0. The van der Waals surface area contributed by atoms with Gasteiger partial charge >= 0.3 is 12.1 Å². The Hall–Kier alpha value is -3.09. The van der Waals surface area contributed by atoms with Crippen molar-refractivity contribution in [3.8, 4) is 16.8 Å². The number of carbonyl (C=O) groups is 1. The number of methoxy groups -OCH3 is 1. The Morgan fingerprint density at radius 3 is 2.08 bits per heavy atom. The molecule has 2 aromatic carbocycles. The van der Waals surface area contributed by atoms with E-state index in [1.807, 2.05) is 0 Å². The Kier molecular flexibility index (Phi) is 4.31. The van der Waals surface area contributed by atoms with E-state index in [0.29, 0.717) is 0 Å². The van der Waals surface area contributed by atoms with Gasteiger partial charge < -0.3 is 4.74 Å². The minimum atomic E-state index is -4.72. The second-order valence-corrected chi connectivity index (χ2v) is 5.17. The van der Waals surface area contributed by atoms with Crippen molar-refractivity contribution in [1.29, 1.82) is 0 Å². The molecule has 0 N–H and O–H groups in total. The van der Waals surface area contributed by atoms with Crippen LogP contribution in [-0.2, 0) is 10.9 Å². The van der Waals surface area contributed by atoms with Crippen LogP contribution in [0.3, 0.4) is 0 Å². The fourth-order valence-electron chi connectivity index (χ4n) is 2.55. The van der Waals surface area contributed by atoms with Crippen LogP contribution in [0.2, 0.25) is 0 Å². The second-order valence-electron chi connectivity index (χ2n) is 5.17. The molecule has 0 saturated carbocycles. The highest BCUT2D eigenvalue weighted by molar-refractivity contribution is 5.96. The molecule has 0 aliphatic heterocycles. The monoisotopic (exact) mass is 346 g/mol. The standard InChI is InChI=1S/C18H13F3N2O2/c1-25-17(24)15-14(12-8-4-2-5-9-12)16(18(19,20)21)23(22-15)13-10-6-3-7-11-13/h2-11H,1H3. The lowest BCUT2D eigenvalue weighted by atomic mass is 10.0. The number of esters is 1. The smallest absolute Gasteiger partial charge is 0.434 e. The molecule has 7 heteroatoms. The summed E-state index contributed by atoms with van der Waals surface area (Å²) < 4.78 is 46.9. The Balaban J connectivity index is 2.38. The van der Waals surface area contributed by atoms with Crippen LogP contribution in [0.15, 0.2) is 60.7 Å². The maximum Gasteiger partial charge on any atom is 0.434 e. The molecule has 0 atom stereocenters. The first-order valence-electron chi connectivity index (χ1n) is 7.33. The summed E-state index contributed by atoms with van der Waals surface area (Å²) in [6, 6.07) is 15.7. The van der Waals surface area contributed by atoms with Gasteiger partial charge in [0.25, 0.3) is 0 Å². The Morgan fingerprint density at radius 1 is 1.00 bits per heavy atom. The molecule has 1 aromatic heterocycles.